The van der Waals surface area contributed by atoms with Crippen molar-refractivity contribution in [3.05, 3.63) is 59.1 Å². The Balaban J connectivity index is 1.78. The van der Waals surface area contributed by atoms with Gasteiger partial charge in [0, 0.05) is 5.02 Å². The van der Waals surface area contributed by atoms with E-state index in [1.807, 2.05) is 48.5 Å². The zero-order valence-electron chi connectivity index (χ0n) is 14.5. The maximum Gasteiger partial charge on any atom is 0.495 e. The molecule has 0 spiro atoms. The Morgan fingerprint density at radius 1 is 0.917 bits per heavy atom. The van der Waals surface area contributed by atoms with Gasteiger partial charge < -0.3 is 14.0 Å². The molecule has 1 heterocycles. The molecule has 0 bridgehead atoms. The van der Waals surface area contributed by atoms with Crippen LogP contribution >= 0.6 is 11.6 Å². The third-order valence-electron chi connectivity index (χ3n) is 4.77. The van der Waals surface area contributed by atoms with Crippen molar-refractivity contribution in [3.8, 4) is 5.75 Å². The summed E-state index contributed by atoms with van der Waals surface area (Å²) in [6.45, 7) is 8.67. The number of benzene rings is 2. The van der Waals surface area contributed by atoms with E-state index in [1.165, 1.54) is 0 Å². The maximum atomic E-state index is 6.16. The van der Waals surface area contributed by atoms with Gasteiger partial charge in [0.15, 0.2) is 0 Å². The van der Waals surface area contributed by atoms with Crippen molar-refractivity contribution in [2.75, 3.05) is 0 Å². The second-order valence-corrected chi connectivity index (χ2v) is 7.47. The SMILES string of the molecule is CC1(C)OB(c2ccccc2COc2ccc(Cl)cc2)OC1(C)C. The Morgan fingerprint density at radius 2 is 1.50 bits per heavy atom. The van der Waals surface area contributed by atoms with Crippen LogP contribution < -0.4 is 10.2 Å². The fraction of sp³-hybridized carbons (Fsp3) is 0.368. The number of hydrogen-bond acceptors (Lipinski definition) is 3. The molecule has 1 saturated heterocycles. The Kier molecular flexibility index (Phi) is 4.65. The summed E-state index contributed by atoms with van der Waals surface area (Å²) in [5.74, 6) is 0.781. The lowest BCUT2D eigenvalue weighted by Gasteiger charge is -2.32. The van der Waals surface area contributed by atoms with Crippen LogP contribution in [0, 0.1) is 0 Å². The average molecular weight is 345 g/mol. The molecule has 0 N–H and O–H groups in total. The summed E-state index contributed by atoms with van der Waals surface area (Å²) in [6.07, 6.45) is 0. The van der Waals surface area contributed by atoms with Crippen molar-refractivity contribution in [3.63, 3.8) is 0 Å². The summed E-state index contributed by atoms with van der Waals surface area (Å²) in [4.78, 5) is 0. The topological polar surface area (TPSA) is 27.7 Å². The molecule has 0 radical (unpaired) electrons. The summed E-state index contributed by atoms with van der Waals surface area (Å²) in [7, 11) is -0.389. The molecule has 0 aromatic heterocycles. The first-order valence-corrected chi connectivity index (χ1v) is 8.48. The van der Waals surface area contributed by atoms with Crippen molar-refractivity contribution in [1.82, 2.24) is 0 Å². The molecule has 1 aliphatic rings. The summed E-state index contributed by atoms with van der Waals surface area (Å²) in [5, 5.41) is 0.694. The van der Waals surface area contributed by atoms with E-state index >= 15 is 0 Å². The van der Waals surface area contributed by atoms with Crippen molar-refractivity contribution in [2.45, 2.75) is 45.5 Å². The van der Waals surface area contributed by atoms with Gasteiger partial charge in [-0.3, -0.25) is 0 Å². The summed E-state index contributed by atoms with van der Waals surface area (Å²) in [6, 6.07) is 15.4. The molecule has 0 aliphatic carbocycles. The molecule has 0 unspecified atom stereocenters. The lowest BCUT2D eigenvalue weighted by molar-refractivity contribution is 0.00578. The van der Waals surface area contributed by atoms with Crippen LogP contribution in [0.4, 0.5) is 0 Å². The zero-order chi connectivity index (χ0) is 17.4. The van der Waals surface area contributed by atoms with Crippen LogP contribution in [0.5, 0.6) is 5.75 Å². The molecule has 3 rings (SSSR count). The Bertz CT molecular complexity index is 697. The van der Waals surface area contributed by atoms with Crippen LogP contribution in [-0.4, -0.2) is 18.3 Å². The molecule has 0 saturated carbocycles. The lowest BCUT2D eigenvalue weighted by atomic mass is 9.76. The van der Waals surface area contributed by atoms with Gasteiger partial charge >= 0.3 is 7.12 Å². The van der Waals surface area contributed by atoms with Crippen LogP contribution in [0.2, 0.25) is 5.02 Å². The first kappa shape index (κ1) is 17.3. The third-order valence-corrected chi connectivity index (χ3v) is 5.02. The highest BCUT2D eigenvalue weighted by Gasteiger charge is 2.52. The van der Waals surface area contributed by atoms with Gasteiger partial charge in [0.25, 0.3) is 0 Å². The highest BCUT2D eigenvalue weighted by Crippen LogP contribution is 2.36. The molecule has 1 aliphatic heterocycles. The van der Waals surface area contributed by atoms with Gasteiger partial charge in [0.2, 0.25) is 0 Å². The van der Waals surface area contributed by atoms with E-state index in [-0.39, 0.29) is 18.3 Å². The monoisotopic (exact) mass is 344 g/mol. The van der Waals surface area contributed by atoms with Crippen LogP contribution in [0.1, 0.15) is 33.3 Å². The van der Waals surface area contributed by atoms with Crippen molar-refractivity contribution in [2.24, 2.45) is 0 Å². The normalized spacial score (nSPS) is 18.6. The first-order valence-electron chi connectivity index (χ1n) is 8.10. The second kappa shape index (κ2) is 6.43. The van der Waals surface area contributed by atoms with E-state index in [1.54, 1.807) is 0 Å². The van der Waals surface area contributed by atoms with Gasteiger partial charge in [-0.15, -0.1) is 0 Å². The predicted molar refractivity (Wildman–Crippen MR) is 97.9 cm³/mol. The quantitative estimate of drug-likeness (QED) is 0.777. The predicted octanol–water partition coefficient (Wildman–Crippen LogP) is 4.22. The molecule has 1 fully saturated rings. The van der Waals surface area contributed by atoms with E-state index in [0.717, 1.165) is 16.8 Å². The van der Waals surface area contributed by atoms with Crippen LogP contribution in [0.25, 0.3) is 0 Å². The molecule has 24 heavy (non-hydrogen) atoms. The van der Waals surface area contributed by atoms with E-state index in [9.17, 15) is 0 Å². The number of rotatable bonds is 4. The van der Waals surface area contributed by atoms with Crippen molar-refractivity contribution in [1.29, 1.82) is 0 Å². The fourth-order valence-corrected chi connectivity index (χ4v) is 2.68. The molecule has 126 valence electrons. The smallest absolute Gasteiger partial charge is 0.489 e. The average Bonchev–Trinajstić information content (AvgIpc) is 2.75. The van der Waals surface area contributed by atoms with Gasteiger partial charge in [-0.05, 0) is 63.0 Å². The van der Waals surface area contributed by atoms with Gasteiger partial charge in [-0.2, -0.15) is 0 Å². The second-order valence-electron chi connectivity index (χ2n) is 7.03. The van der Waals surface area contributed by atoms with Crippen LogP contribution in [0.3, 0.4) is 0 Å². The zero-order valence-corrected chi connectivity index (χ0v) is 15.3. The minimum Gasteiger partial charge on any atom is -0.489 e. The van der Waals surface area contributed by atoms with Crippen LogP contribution in [-0.2, 0) is 15.9 Å². The molecule has 2 aromatic carbocycles. The van der Waals surface area contributed by atoms with E-state index in [0.29, 0.717) is 11.6 Å². The van der Waals surface area contributed by atoms with Crippen molar-refractivity contribution >= 4 is 24.2 Å². The van der Waals surface area contributed by atoms with E-state index < -0.39 is 0 Å². The summed E-state index contributed by atoms with van der Waals surface area (Å²) in [5.41, 5.74) is 1.33. The molecule has 0 atom stereocenters. The standard InChI is InChI=1S/C19H22BClO3/c1-18(2)19(3,4)24-20(23-18)17-8-6-5-7-14(17)13-22-16-11-9-15(21)10-12-16/h5-12H,13H2,1-4H3. The highest BCUT2D eigenvalue weighted by atomic mass is 35.5. The summed E-state index contributed by atoms with van der Waals surface area (Å²) < 4.78 is 18.2. The minimum absolute atomic E-state index is 0.359. The number of ether oxygens (including phenoxy) is 1. The molecular formula is C19H22BClO3. The highest BCUT2D eigenvalue weighted by molar-refractivity contribution is 6.62. The molecule has 2 aromatic rings. The Hall–Kier alpha value is -1.49. The number of halogens is 1. The summed E-state index contributed by atoms with van der Waals surface area (Å²) >= 11 is 5.90. The molecule has 3 nitrogen and oxygen atoms in total. The van der Waals surface area contributed by atoms with Gasteiger partial charge in [-0.25, -0.2) is 0 Å². The molecule has 5 heteroatoms. The fourth-order valence-electron chi connectivity index (χ4n) is 2.56. The Labute approximate surface area is 149 Å². The number of hydrogen-bond donors (Lipinski definition) is 0. The molecular weight excluding hydrogens is 322 g/mol. The Morgan fingerprint density at radius 3 is 2.12 bits per heavy atom. The minimum atomic E-state index is -0.389. The van der Waals surface area contributed by atoms with Gasteiger partial charge in [0.1, 0.15) is 12.4 Å². The van der Waals surface area contributed by atoms with E-state index in [4.69, 9.17) is 25.6 Å². The largest absolute Gasteiger partial charge is 0.495 e. The van der Waals surface area contributed by atoms with Crippen molar-refractivity contribution < 1.29 is 14.0 Å². The van der Waals surface area contributed by atoms with Gasteiger partial charge in [0.05, 0.1) is 11.2 Å². The first-order chi connectivity index (χ1) is 11.3. The van der Waals surface area contributed by atoms with E-state index in [2.05, 4.69) is 27.7 Å². The maximum absolute atomic E-state index is 6.16. The lowest BCUT2D eigenvalue weighted by Crippen LogP contribution is -2.41. The van der Waals surface area contributed by atoms with Gasteiger partial charge in [-0.1, -0.05) is 35.9 Å². The molecule has 0 amide bonds. The van der Waals surface area contributed by atoms with Crippen LogP contribution in [0.15, 0.2) is 48.5 Å². The third kappa shape index (κ3) is 3.46.